The van der Waals surface area contributed by atoms with Crippen LogP contribution in [0.25, 0.3) is 0 Å². The Hall–Kier alpha value is -3.44. The van der Waals surface area contributed by atoms with E-state index in [1.165, 1.54) is 32.6 Å². The number of benzene rings is 3. The molecule has 0 saturated carbocycles. The van der Waals surface area contributed by atoms with Gasteiger partial charge in [-0.1, -0.05) is 0 Å². The quantitative estimate of drug-likeness (QED) is 0.200. The lowest BCUT2D eigenvalue weighted by atomic mass is 10.2. The van der Waals surface area contributed by atoms with Crippen LogP contribution in [0.4, 0.5) is 5.69 Å². The maximum atomic E-state index is 12.5. The van der Waals surface area contributed by atoms with E-state index in [0.717, 1.165) is 5.56 Å². The van der Waals surface area contributed by atoms with Crippen LogP contribution < -0.4 is 19.6 Å². The van der Waals surface area contributed by atoms with Gasteiger partial charge in [0.05, 0.1) is 39.9 Å². The van der Waals surface area contributed by atoms with Crippen LogP contribution in [0.1, 0.15) is 21.5 Å². The number of methoxy groups -OCH3 is 2. The fourth-order valence-corrected chi connectivity index (χ4v) is 4.32. The summed E-state index contributed by atoms with van der Waals surface area (Å²) in [6.45, 7) is 0.225. The SMILES string of the molecule is COc1ccc(C(=O)N/N=C\c2cc(Br)c(OCc3ccc([N+](=O)[O-])cc3)c(Br)c2)c(OC)c1. The van der Waals surface area contributed by atoms with E-state index in [4.69, 9.17) is 14.2 Å². The number of rotatable bonds is 9. The first kappa shape index (κ1) is 25.2. The Morgan fingerprint density at radius 2 is 1.74 bits per heavy atom. The van der Waals surface area contributed by atoms with Crippen LogP contribution in [0.2, 0.25) is 0 Å². The van der Waals surface area contributed by atoms with E-state index < -0.39 is 10.8 Å². The highest BCUT2D eigenvalue weighted by Gasteiger charge is 2.13. The molecule has 0 radical (unpaired) electrons. The zero-order valence-corrected chi connectivity index (χ0v) is 21.3. The van der Waals surface area contributed by atoms with Gasteiger partial charge in [0.15, 0.2) is 0 Å². The number of hydrazone groups is 1. The zero-order chi connectivity index (χ0) is 24.7. The number of halogens is 2. The summed E-state index contributed by atoms with van der Waals surface area (Å²) >= 11 is 6.94. The Kier molecular flexibility index (Phi) is 8.61. The summed E-state index contributed by atoms with van der Waals surface area (Å²) in [7, 11) is 3.00. The highest BCUT2D eigenvalue weighted by atomic mass is 79.9. The lowest BCUT2D eigenvalue weighted by molar-refractivity contribution is -0.384. The number of hydrogen-bond acceptors (Lipinski definition) is 7. The van der Waals surface area contributed by atoms with E-state index in [-0.39, 0.29) is 12.3 Å². The third-order valence-electron chi connectivity index (χ3n) is 4.58. The average Bonchev–Trinajstić information content (AvgIpc) is 2.83. The number of hydrogen-bond donors (Lipinski definition) is 1. The van der Waals surface area contributed by atoms with Crippen LogP contribution in [-0.2, 0) is 6.61 Å². The summed E-state index contributed by atoms with van der Waals surface area (Å²) in [5.74, 6) is 1.06. The summed E-state index contributed by atoms with van der Waals surface area (Å²) in [6, 6.07) is 14.6. The van der Waals surface area contributed by atoms with Crippen LogP contribution in [0.3, 0.4) is 0 Å². The van der Waals surface area contributed by atoms with Crippen LogP contribution in [0, 0.1) is 10.1 Å². The number of nitro groups is 1. The van der Waals surface area contributed by atoms with Gasteiger partial charge in [-0.15, -0.1) is 0 Å². The first-order valence-electron chi connectivity index (χ1n) is 9.73. The van der Waals surface area contributed by atoms with Crippen LogP contribution in [-0.4, -0.2) is 31.3 Å². The topological polar surface area (TPSA) is 112 Å². The molecule has 0 aromatic heterocycles. The molecule has 0 bridgehead atoms. The third kappa shape index (κ3) is 6.33. The zero-order valence-electron chi connectivity index (χ0n) is 18.1. The number of amides is 1. The van der Waals surface area contributed by atoms with E-state index in [9.17, 15) is 14.9 Å². The average molecular weight is 593 g/mol. The van der Waals surface area contributed by atoms with Gasteiger partial charge in [-0.25, -0.2) is 5.43 Å². The molecule has 0 aliphatic carbocycles. The molecule has 0 spiro atoms. The monoisotopic (exact) mass is 591 g/mol. The number of carbonyl (C=O) groups is 1. The molecule has 0 unspecified atom stereocenters. The molecule has 1 N–H and O–H groups in total. The van der Waals surface area contributed by atoms with Gasteiger partial charge in [-0.05, 0) is 79.4 Å². The first-order valence-corrected chi connectivity index (χ1v) is 11.3. The molecule has 0 saturated heterocycles. The van der Waals surface area contributed by atoms with E-state index in [0.29, 0.717) is 37.3 Å². The Morgan fingerprint density at radius 1 is 1.06 bits per heavy atom. The van der Waals surface area contributed by atoms with Crippen LogP contribution in [0.15, 0.2) is 68.6 Å². The van der Waals surface area contributed by atoms with Crippen molar-refractivity contribution in [3.05, 3.63) is 90.3 Å². The molecule has 0 aliphatic heterocycles. The molecule has 0 aliphatic rings. The lowest BCUT2D eigenvalue weighted by Gasteiger charge is -2.11. The second-order valence-electron chi connectivity index (χ2n) is 6.79. The number of non-ortho nitro benzene ring substituents is 1. The summed E-state index contributed by atoms with van der Waals surface area (Å²) in [5, 5.41) is 14.8. The molecule has 3 aromatic carbocycles. The molecular weight excluding hydrogens is 574 g/mol. The highest BCUT2D eigenvalue weighted by Crippen LogP contribution is 2.35. The standard InChI is InChI=1S/C23H19Br2N3O6/c1-32-17-7-8-18(21(11-17)33-2)23(29)27-26-12-15-9-19(24)22(20(25)10-15)34-13-14-3-5-16(6-4-14)28(30)31/h3-12H,13H2,1-2H3,(H,27,29)/b26-12-. The van der Waals surface area contributed by atoms with Crippen molar-refractivity contribution in [1.29, 1.82) is 0 Å². The molecule has 1 amide bonds. The molecule has 34 heavy (non-hydrogen) atoms. The van der Waals surface area contributed by atoms with Crippen molar-refractivity contribution in [2.24, 2.45) is 5.10 Å². The van der Waals surface area contributed by atoms with Gasteiger partial charge < -0.3 is 14.2 Å². The number of nitrogens with zero attached hydrogens (tertiary/aromatic N) is 2. The molecule has 176 valence electrons. The van der Waals surface area contributed by atoms with Gasteiger partial charge >= 0.3 is 0 Å². The van der Waals surface area contributed by atoms with Crippen LogP contribution in [0.5, 0.6) is 17.2 Å². The fourth-order valence-electron chi connectivity index (χ4n) is 2.87. The lowest BCUT2D eigenvalue weighted by Crippen LogP contribution is -2.18. The normalized spacial score (nSPS) is 10.7. The number of carbonyl (C=O) groups excluding carboxylic acids is 1. The van der Waals surface area contributed by atoms with Gasteiger partial charge in [0, 0.05) is 18.2 Å². The molecular formula is C23H19Br2N3O6. The third-order valence-corrected chi connectivity index (χ3v) is 5.76. The molecule has 0 fully saturated rings. The maximum Gasteiger partial charge on any atom is 0.275 e. The number of nitro benzene ring substituents is 1. The van der Waals surface area contributed by atoms with Gasteiger partial charge in [0.25, 0.3) is 11.6 Å². The van der Waals surface area contributed by atoms with E-state index in [2.05, 4.69) is 42.4 Å². The molecule has 0 atom stereocenters. The summed E-state index contributed by atoms with van der Waals surface area (Å²) < 4.78 is 17.5. The van der Waals surface area contributed by atoms with Crippen molar-refractivity contribution in [2.75, 3.05) is 14.2 Å². The van der Waals surface area contributed by atoms with Crippen molar-refractivity contribution < 1.29 is 23.9 Å². The molecule has 0 heterocycles. The minimum Gasteiger partial charge on any atom is -0.497 e. The second kappa shape index (κ2) is 11.6. The number of nitrogens with one attached hydrogen (secondary N) is 1. The largest absolute Gasteiger partial charge is 0.497 e. The summed E-state index contributed by atoms with van der Waals surface area (Å²) in [4.78, 5) is 22.8. The number of ether oxygens (including phenoxy) is 3. The minimum atomic E-state index is -0.450. The minimum absolute atomic E-state index is 0.0206. The molecule has 9 nitrogen and oxygen atoms in total. The molecule has 11 heteroatoms. The Morgan fingerprint density at radius 3 is 2.32 bits per heavy atom. The van der Waals surface area contributed by atoms with Crippen molar-refractivity contribution in [1.82, 2.24) is 5.43 Å². The van der Waals surface area contributed by atoms with Crippen molar-refractivity contribution >= 4 is 49.7 Å². The maximum absolute atomic E-state index is 12.5. The van der Waals surface area contributed by atoms with Crippen molar-refractivity contribution in [2.45, 2.75) is 6.61 Å². The van der Waals surface area contributed by atoms with Crippen molar-refractivity contribution in [3.8, 4) is 17.2 Å². The fraction of sp³-hybridized carbons (Fsp3) is 0.130. The van der Waals surface area contributed by atoms with Crippen LogP contribution >= 0.6 is 31.9 Å². The van der Waals surface area contributed by atoms with E-state index in [1.807, 2.05) is 0 Å². The summed E-state index contributed by atoms with van der Waals surface area (Å²) in [6.07, 6.45) is 1.49. The van der Waals surface area contributed by atoms with Gasteiger partial charge in [-0.2, -0.15) is 5.10 Å². The Balaban J connectivity index is 1.65. The second-order valence-corrected chi connectivity index (χ2v) is 8.50. The Labute approximate surface area is 212 Å². The smallest absolute Gasteiger partial charge is 0.275 e. The van der Waals surface area contributed by atoms with Gasteiger partial charge in [0.2, 0.25) is 0 Å². The predicted octanol–water partition coefficient (Wildman–Crippen LogP) is 5.48. The van der Waals surface area contributed by atoms with Gasteiger partial charge in [0.1, 0.15) is 23.9 Å². The summed E-state index contributed by atoms with van der Waals surface area (Å²) in [5.41, 5.74) is 4.29. The predicted molar refractivity (Wildman–Crippen MR) is 134 cm³/mol. The van der Waals surface area contributed by atoms with Gasteiger partial charge in [-0.3, -0.25) is 14.9 Å². The highest BCUT2D eigenvalue weighted by molar-refractivity contribution is 9.11. The van der Waals surface area contributed by atoms with E-state index in [1.54, 1.807) is 42.5 Å². The Bertz CT molecular complexity index is 1210. The van der Waals surface area contributed by atoms with E-state index >= 15 is 0 Å². The molecule has 3 aromatic rings. The first-order chi connectivity index (χ1) is 16.3. The van der Waals surface area contributed by atoms with Crippen molar-refractivity contribution in [3.63, 3.8) is 0 Å². The molecule has 3 rings (SSSR count).